The second-order valence-electron chi connectivity index (χ2n) is 6.67. The van der Waals surface area contributed by atoms with Crippen molar-refractivity contribution in [3.8, 4) is 5.75 Å². The maximum atomic E-state index is 13.2. The molecule has 1 atom stereocenters. The van der Waals surface area contributed by atoms with Crippen molar-refractivity contribution >= 4 is 11.6 Å². The van der Waals surface area contributed by atoms with Crippen LogP contribution in [-0.4, -0.2) is 24.1 Å². The first-order valence-electron chi connectivity index (χ1n) is 7.86. The van der Waals surface area contributed by atoms with E-state index in [0.29, 0.717) is 5.88 Å². The summed E-state index contributed by atoms with van der Waals surface area (Å²) >= 11 is 6.23. The Labute approximate surface area is 131 Å². The minimum atomic E-state index is -0.190. The minimum absolute atomic E-state index is 0.0530. The van der Waals surface area contributed by atoms with E-state index in [1.807, 2.05) is 0 Å². The molecule has 0 aromatic heterocycles. The highest BCUT2D eigenvalue weighted by atomic mass is 35.5. The lowest BCUT2D eigenvalue weighted by Crippen LogP contribution is -2.52. The zero-order valence-corrected chi connectivity index (χ0v) is 13.3. The molecule has 1 N–H and O–H groups in total. The van der Waals surface area contributed by atoms with Gasteiger partial charge < -0.3 is 10.1 Å². The van der Waals surface area contributed by atoms with Gasteiger partial charge in [-0.05, 0) is 49.8 Å². The smallest absolute Gasteiger partial charge is 0.123 e. The molecule has 1 fully saturated rings. The van der Waals surface area contributed by atoms with E-state index >= 15 is 0 Å². The molecule has 0 spiro atoms. The number of benzene rings is 1. The molecule has 0 radical (unpaired) electrons. The summed E-state index contributed by atoms with van der Waals surface area (Å²) in [4.78, 5) is 0. The number of ether oxygens (including phenoxy) is 1. The minimum Gasteiger partial charge on any atom is -0.488 e. The molecule has 1 aliphatic carbocycles. The molecule has 0 saturated heterocycles. The summed E-state index contributed by atoms with van der Waals surface area (Å²) in [7, 11) is 0. The molecule has 0 amide bonds. The van der Waals surface area contributed by atoms with Gasteiger partial charge in [0.25, 0.3) is 0 Å². The van der Waals surface area contributed by atoms with Gasteiger partial charge in [0.1, 0.15) is 17.7 Å². The van der Waals surface area contributed by atoms with Crippen molar-refractivity contribution in [2.45, 2.75) is 50.7 Å². The van der Waals surface area contributed by atoms with Crippen molar-refractivity contribution in [2.24, 2.45) is 5.92 Å². The number of halogens is 2. The number of hydrogen-bond acceptors (Lipinski definition) is 2. The van der Waals surface area contributed by atoms with Crippen molar-refractivity contribution in [1.29, 1.82) is 0 Å². The summed E-state index contributed by atoms with van der Waals surface area (Å²) in [6.45, 7) is 3.08. The summed E-state index contributed by atoms with van der Waals surface area (Å²) in [5, 5.41) is 3.65. The maximum Gasteiger partial charge on any atom is 0.123 e. The first-order chi connectivity index (χ1) is 10.1. The lowest BCUT2D eigenvalue weighted by atomic mass is 9.78. The highest BCUT2D eigenvalue weighted by Gasteiger charge is 2.34. The highest BCUT2D eigenvalue weighted by molar-refractivity contribution is 6.18. The Morgan fingerprint density at radius 2 is 2.14 bits per heavy atom. The molecule has 1 aliphatic heterocycles. The molecule has 116 valence electrons. The molecular formula is C17H23ClFNO. The van der Waals surface area contributed by atoms with E-state index in [0.717, 1.165) is 43.0 Å². The van der Waals surface area contributed by atoms with Gasteiger partial charge in [-0.3, -0.25) is 0 Å². The van der Waals surface area contributed by atoms with Crippen LogP contribution >= 0.6 is 11.6 Å². The monoisotopic (exact) mass is 311 g/mol. The van der Waals surface area contributed by atoms with E-state index < -0.39 is 0 Å². The van der Waals surface area contributed by atoms with Crippen LogP contribution in [0.1, 0.15) is 38.2 Å². The van der Waals surface area contributed by atoms with Crippen LogP contribution in [0.2, 0.25) is 0 Å². The van der Waals surface area contributed by atoms with Gasteiger partial charge in [-0.1, -0.05) is 6.92 Å². The fourth-order valence-electron chi connectivity index (χ4n) is 3.41. The Morgan fingerprint density at radius 1 is 1.38 bits per heavy atom. The van der Waals surface area contributed by atoms with E-state index in [2.05, 4.69) is 12.2 Å². The van der Waals surface area contributed by atoms with Crippen LogP contribution in [0.3, 0.4) is 0 Å². The third-order valence-corrected chi connectivity index (χ3v) is 5.47. The molecule has 1 saturated carbocycles. The van der Waals surface area contributed by atoms with E-state index in [4.69, 9.17) is 16.3 Å². The molecular weight excluding hydrogens is 289 g/mol. The Morgan fingerprint density at radius 3 is 2.86 bits per heavy atom. The van der Waals surface area contributed by atoms with Gasteiger partial charge in [0.05, 0.1) is 0 Å². The summed E-state index contributed by atoms with van der Waals surface area (Å²) in [6, 6.07) is 4.76. The number of nitrogens with one attached hydrogen (secondary N) is 1. The molecule has 1 aromatic rings. The average Bonchev–Trinajstić information content (AvgIpc) is 2.89. The van der Waals surface area contributed by atoms with Crippen LogP contribution in [-0.2, 0) is 6.42 Å². The predicted octanol–water partition coefficient (Wildman–Crippen LogP) is 3.91. The van der Waals surface area contributed by atoms with Crippen LogP contribution in [0.25, 0.3) is 0 Å². The average molecular weight is 312 g/mol. The molecule has 21 heavy (non-hydrogen) atoms. The topological polar surface area (TPSA) is 21.3 Å². The lowest BCUT2D eigenvalue weighted by Gasteiger charge is -2.39. The zero-order chi connectivity index (χ0) is 14.9. The van der Waals surface area contributed by atoms with E-state index in [-0.39, 0.29) is 17.5 Å². The Kier molecular flexibility index (Phi) is 4.41. The second kappa shape index (κ2) is 6.13. The van der Waals surface area contributed by atoms with E-state index in [1.165, 1.54) is 18.9 Å². The summed E-state index contributed by atoms with van der Waals surface area (Å²) < 4.78 is 19.1. The quantitative estimate of drug-likeness (QED) is 0.851. The lowest BCUT2D eigenvalue weighted by molar-refractivity contribution is 0.171. The Hall–Kier alpha value is -0.800. The van der Waals surface area contributed by atoms with E-state index in [1.54, 1.807) is 12.1 Å². The normalized spacial score (nSPS) is 31.8. The molecule has 3 rings (SSSR count). The molecule has 2 nitrogen and oxygen atoms in total. The molecule has 2 aliphatic rings. The van der Waals surface area contributed by atoms with Crippen LogP contribution in [0.15, 0.2) is 18.2 Å². The predicted molar refractivity (Wildman–Crippen MR) is 83.6 cm³/mol. The highest BCUT2D eigenvalue weighted by Crippen LogP contribution is 2.34. The molecule has 1 aromatic carbocycles. The Balaban J connectivity index is 1.56. The van der Waals surface area contributed by atoms with Gasteiger partial charge in [-0.25, -0.2) is 4.39 Å². The molecule has 4 heteroatoms. The van der Waals surface area contributed by atoms with Crippen molar-refractivity contribution in [3.63, 3.8) is 0 Å². The van der Waals surface area contributed by atoms with E-state index in [9.17, 15) is 4.39 Å². The molecule has 1 unspecified atom stereocenters. The van der Waals surface area contributed by atoms with Gasteiger partial charge in [0, 0.05) is 29.9 Å². The molecule has 0 bridgehead atoms. The summed E-state index contributed by atoms with van der Waals surface area (Å²) in [6.07, 6.45) is 5.58. The van der Waals surface area contributed by atoms with Crippen LogP contribution in [0.4, 0.5) is 4.39 Å². The van der Waals surface area contributed by atoms with Gasteiger partial charge in [0.15, 0.2) is 0 Å². The number of hydrogen-bond donors (Lipinski definition) is 1. The summed E-state index contributed by atoms with van der Waals surface area (Å²) in [5.74, 6) is 2.08. The third kappa shape index (κ3) is 3.35. The SMILES string of the molecule is CC1CCC(CCl)(NCC2Cc3cc(F)ccc3O2)CC1. The van der Waals surface area contributed by atoms with Crippen molar-refractivity contribution < 1.29 is 9.13 Å². The summed E-state index contributed by atoms with van der Waals surface area (Å²) in [5.41, 5.74) is 1.02. The fourth-order valence-corrected chi connectivity index (χ4v) is 3.77. The van der Waals surface area contributed by atoms with Crippen molar-refractivity contribution in [1.82, 2.24) is 5.32 Å². The van der Waals surface area contributed by atoms with Crippen molar-refractivity contribution in [2.75, 3.05) is 12.4 Å². The first kappa shape index (κ1) is 15.1. The van der Waals surface area contributed by atoms with Crippen molar-refractivity contribution in [3.05, 3.63) is 29.6 Å². The Bertz CT molecular complexity index is 500. The second-order valence-corrected chi connectivity index (χ2v) is 6.94. The standard InChI is InChI=1S/C17H23ClFNO/c1-12-4-6-17(11-18,7-5-12)20-10-15-9-13-8-14(19)2-3-16(13)21-15/h2-3,8,12,15,20H,4-7,9-11H2,1H3. The third-order valence-electron chi connectivity index (χ3n) is 4.96. The number of fused-ring (bicyclic) bond motifs is 1. The van der Waals surface area contributed by atoms with Gasteiger partial charge in [-0.2, -0.15) is 0 Å². The van der Waals surface area contributed by atoms with Gasteiger partial charge in [-0.15, -0.1) is 11.6 Å². The van der Waals surface area contributed by atoms with Crippen LogP contribution in [0.5, 0.6) is 5.75 Å². The molecule has 1 heterocycles. The van der Waals surface area contributed by atoms with Crippen LogP contribution < -0.4 is 10.1 Å². The van der Waals surface area contributed by atoms with Crippen LogP contribution in [0, 0.1) is 11.7 Å². The maximum absolute atomic E-state index is 13.2. The first-order valence-corrected chi connectivity index (χ1v) is 8.40. The number of rotatable bonds is 4. The number of alkyl halides is 1. The zero-order valence-electron chi connectivity index (χ0n) is 12.5. The fraction of sp³-hybridized carbons (Fsp3) is 0.647. The largest absolute Gasteiger partial charge is 0.488 e. The van der Waals surface area contributed by atoms with Gasteiger partial charge in [0.2, 0.25) is 0 Å². The van der Waals surface area contributed by atoms with Gasteiger partial charge >= 0.3 is 0 Å².